The average Bonchev–Trinajstić information content (AvgIpc) is 3.41. The van der Waals surface area contributed by atoms with E-state index in [0.29, 0.717) is 46.9 Å². The smallest absolute Gasteiger partial charge is 0.420 e. The molecule has 0 saturated carbocycles. The summed E-state index contributed by atoms with van der Waals surface area (Å²) in [4.78, 5) is 60.1. The zero-order chi connectivity index (χ0) is 37.6. The van der Waals surface area contributed by atoms with E-state index in [4.69, 9.17) is 33.2 Å². The van der Waals surface area contributed by atoms with E-state index >= 15 is 0 Å². The number of aromatic nitrogens is 1. The molecule has 0 bridgehead atoms. The van der Waals surface area contributed by atoms with Gasteiger partial charge in [-0.15, -0.1) is 0 Å². The van der Waals surface area contributed by atoms with Crippen LogP contribution in [0.3, 0.4) is 0 Å². The molecule has 2 spiro atoms. The lowest BCUT2D eigenvalue weighted by Gasteiger charge is -2.55. The minimum Gasteiger partial charge on any atom is -0.493 e. The molecule has 1 saturated heterocycles. The minimum absolute atomic E-state index is 0.0704. The number of pyridine rings is 1. The summed E-state index contributed by atoms with van der Waals surface area (Å²) < 4.78 is 53.3. The molecule has 0 atom stereocenters. The highest BCUT2D eigenvalue weighted by molar-refractivity contribution is 5.95. The number of piperazine rings is 1. The third kappa shape index (κ3) is 7.61. The maximum absolute atomic E-state index is 13.3. The number of rotatable bonds is 11. The van der Waals surface area contributed by atoms with Crippen molar-refractivity contribution in [2.24, 2.45) is 0 Å². The van der Waals surface area contributed by atoms with Crippen LogP contribution in [0.1, 0.15) is 24.0 Å². The predicted molar refractivity (Wildman–Crippen MR) is 184 cm³/mol. The van der Waals surface area contributed by atoms with Gasteiger partial charge in [-0.1, -0.05) is 24.3 Å². The highest BCUT2D eigenvalue weighted by atomic mass is 19.1. The van der Waals surface area contributed by atoms with Crippen molar-refractivity contribution in [3.63, 3.8) is 0 Å². The highest BCUT2D eigenvalue weighted by Gasteiger charge is 2.74. The van der Waals surface area contributed by atoms with Gasteiger partial charge in [-0.25, -0.2) is 33.4 Å². The summed E-state index contributed by atoms with van der Waals surface area (Å²) in [6, 6.07) is 12.9. The summed E-state index contributed by atoms with van der Waals surface area (Å²) in [6.45, 7) is 0.251. The molecule has 4 heterocycles. The van der Waals surface area contributed by atoms with Crippen molar-refractivity contribution in [1.29, 1.82) is 0 Å². The summed E-state index contributed by atoms with van der Waals surface area (Å²) in [5, 5.41) is 0. The Bertz CT molecular complexity index is 1910. The number of fused-ring (bicyclic) bond motifs is 1. The second-order valence-corrected chi connectivity index (χ2v) is 12.0. The summed E-state index contributed by atoms with van der Waals surface area (Å²) in [5.74, 6) is -8.35. The number of halogens is 1. The van der Waals surface area contributed by atoms with Crippen LogP contribution in [0.15, 0.2) is 85.1 Å². The topological polar surface area (TPSA) is 152 Å². The Morgan fingerprint density at radius 2 is 1.30 bits per heavy atom. The van der Waals surface area contributed by atoms with E-state index in [0.717, 1.165) is 29.9 Å². The molecule has 1 aromatic heterocycles. The molecule has 3 aliphatic heterocycles. The molecule has 0 N–H and O–H groups in total. The quantitative estimate of drug-likeness (QED) is 0.205. The molecule has 14 nitrogen and oxygen atoms in total. The fourth-order valence-corrected chi connectivity index (χ4v) is 6.26. The van der Waals surface area contributed by atoms with Gasteiger partial charge in [-0.05, 0) is 60.4 Å². The average molecular weight is 730 g/mol. The summed E-state index contributed by atoms with van der Waals surface area (Å²) >= 11 is 0. The predicted octanol–water partition coefficient (Wildman–Crippen LogP) is 4.14. The molecule has 53 heavy (non-hydrogen) atoms. The molecule has 2 aromatic carbocycles. The summed E-state index contributed by atoms with van der Waals surface area (Å²) in [7, 11) is 4.49. The number of allylic oxidation sites excluding steroid dienone is 1. The molecule has 1 fully saturated rings. The normalized spacial score (nSPS) is 18.3. The van der Waals surface area contributed by atoms with Crippen LogP contribution in [0.5, 0.6) is 17.2 Å². The van der Waals surface area contributed by atoms with Crippen LogP contribution in [0.25, 0.3) is 17.3 Å². The molecular formula is C38H36FN3O11. The van der Waals surface area contributed by atoms with E-state index in [1.54, 1.807) is 42.6 Å². The Hall–Kier alpha value is -6.06. The number of unbranched alkanes of at least 4 members (excludes halogenated alkanes) is 1. The van der Waals surface area contributed by atoms with Gasteiger partial charge in [0, 0.05) is 62.2 Å². The zero-order valence-corrected chi connectivity index (χ0v) is 29.1. The largest absolute Gasteiger partial charge is 0.493 e. The molecular weight excluding hydrogens is 693 g/mol. The van der Waals surface area contributed by atoms with Gasteiger partial charge in [0.25, 0.3) is 0 Å². The van der Waals surface area contributed by atoms with E-state index in [2.05, 4.69) is 4.98 Å². The summed E-state index contributed by atoms with van der Waals surface area (Å²) in [6.07, 6.45) is 9.69. The van der Waals surface area contributed by atoms with Crippen molar-refractivity contribution in [2.45, 2.75) is 31.2 Å². The van der Waals surface area contributed by atoms with Crippen LogP contribution in [0, 0.1) is 5.82 Å². The lowest BCUT2D eigenvalue weighted by Crippen LogP contribution is -2.80. The van der Waals surface area contributed by atoms with E-state index in [-0.39, 0.29) is 32.0 Å². The number of hydrogen-bond acceptors (Lipinski definition) is 14. The van der Waals surface area contributed by atoms with Gasteiger partial charge < -0.3 is 33.2 Å². The maximum atomic E-state index is 13.3. The van der Waals surface area contributed by atoms with Gasteiger partial charge in [0.2, 0.25) is 5.75 Å². The van der Waals surface area contributed by atoms with Crippen molar-refractivity contribution < 1.29 is 56.7 Å². The van der Waals surface area contributed by atoms with Gasteiger partial charge >= 0.3 is 35.7 Å². The zero-order valence-electron chi connectivity index (χ0n) is 29.1. The number of nitrogens with zero attached hydrogens (tertiary/aromatic N) is 3. The Labute approximate surface area is 303 Å². The number of hydrogen-bond donors (Lipinski definition) is 0. The van der Waals surface area contributed by atoms with E-state index in [1.807, 2.05) is 12.2 Å². The van der Waals surface area contributed by atoms with Gasteiger partial charge in [0.15, 0.2) is 11.5 Å². The lowest BCUT2D eigenvalue weighted by molar-refractivity contribution is -0.464. The Kier molecular flexibility index (Phi) is 10.9. The number of esters is 4. The van der Waals surface area contributed by atoms with Gasteiger partial charge in [-0.3, -0.25) is 4.98 Å². The number of carbonyl (C=O) groups is 4. The second-order valence-electron chi connectivity index (χ2n) is 12.0. The number of ether oxygens (including phenoxy) is 7. The standard InChI is InChI=1S/C38H36FN3O11/c1-47-30-22-27(23-31(48-2)36(30)49-3)29-21-26(16-17-40-29)24-42-20-19-41(18-6-4-5-7-25-8-10-28(39)11-9-25)37(50-32(43)12-13-33(44)51-37)38(42)52-34(45)14-15-35(46)53-38/h5,7-17,21-23H,4,6,18-20,24H2,1-3H3/b7-5+. The number of methoxy groups -OCH3 is 3. The van der Waals surface area contributed by atoms with Crippen molar-refractivity contribution >= 4 is 30.0 Å². The summed E-state index contributed by atoms with van der Waals surface area (Å²) in [5.41, 5.74) is 2.53. The fraction of sp³-hybridized carbons (Fsp3) is 0.289. The first kappa shape index (κ1) is 36.7. The Morgan fingerprint density at radius 3 is 1.85 bits per heavy atom. The van der Waals surface area contributed by atoms with Crippen LogP contribution in [-0.4, -0.2) is 91.4 Å². The monoisotopic (exact) mass is 729 g/mol. The van der Waals surface area contributed by atoms with Crippen LogP contribution < -0.4 is 14.2 Å². The van der Waals surface area contributed by atoms with Crippen molar-refractivity contribution in [1.82, 2.24) is 14.8 Å². The SMILES string of the molecule is COc1cc(-c2cc(CN3CCN(CCC/C=C/c4ccc(F)cc4)C4(OC(=O)C=CC(=O)O4)C34OC(=O)C=CC(=O)O4)ccn2)cc(OC)c1OC. The first-order chi connectivity index (χ1) is 25.6. The molecule has 3 aromatic rings. The molecule has 0 amide bonds. The molecule has 0 unspecified atom stereocenters. The third-order valence-corrected chi connectivity index (χ3v) is 8.68. The molecule has 276 valence electrons. The van der Waals surface area contributed by atoms with Crippen molar-refractivity contribution in [3.05, 3.63) is 102 Å². The van der Waals surface area contributed by atoms with Crippen LogP contribution in [0.4, 0.5) is 4.39 Å². The van der Waals surface area contributed by atoms with Gasteiger partial charge in [0.05, 0.1) is 27.0 Å². The first-order valence-electron chi connectivity index (χ1n) is 16.6. The number of benzene rings is 2. The first-order valence-corrected chi connectivity index (χ1v) is 16.6. The Morgan fingerprint density at radius 1 is 0.755 bits per heavy atom. The fourth-order valence-electron chi connectivity index (χ4n) is 6.26. The van der Waals surface area contributed by atoms with Crippen molar-refractivity contribution in [2.75, 3.05) is 41.0 Å². The highest BCUT2D eigenvalue weighted by Crippen LogP contribution is 2.45. The van der Waals surface area contributed by atoms with Crippen LogP contribution in [-0.2, 0) is 44.7 Å². The van der Waals surface area contributed by atoms with Crippen LogP contribution in [0.2, 0.25) is 0 Å². The van der Waals surface area contributed by atoms with E-state index in [1.165, 1.54) is 43.3 Å². The third-order valence-electron chi connectivity index (χ3n) is 8.68. The van der Waals surface area contributed by atoms with Crippen molar-refractivity contribution in [3.8, 4) is 28.5 Å². The second kappa shape index (κ2) is 15.7. The lowest BCUT2D eigenvalue weighted by atomic mass is 10.1. The van der Waals surface area contributed by atoms with E-state index in [9.17, 15) is 23.6 Å². The maximum Gasteiger partial charge on any atom is 0.420 e. The number of carbonyl (C=O) groups excluding carboxylic acids is 4. The molecule has 0 radical (unpaired) electrons. The van der Waals surface area contributed by atoms with Gasteiger partial charge in [-0.2, -0.15) is 0 Å². The van der Waals surface area contributed by atoms with E-state index < -0.39 is 35.7 Å². The van der Waals surface area contributed by atoms with Gasteiger partial charge in [0.1, 0.15) is 5.82 Å². The van der Waals surface area contributed by atoms with Crippen LogP contribution >= 0.6 is 0 Å². The molecule has 3 aliphatic rings. The Balaban J connectivity index is 1.36. The molecule has 6 rings (SSSR count). The minimum atomic E-state index is -2.61. The molecule has 15 heteroatoms. The molecule has 0 aliphatic carbocycles.